The molecule has 0 aliphatic rings. The van der Waals surface area contributed by atoms with E-state index in [-0.39, 0.29) is 23.3 Å². The van der Waals surface area contributed by atoms with Crippen LogP contribution in [0.25, 0.3) is 11.0 Å². The third-order valence-electron chi connectivity index (χ3n) is 4.17. The smallest absolute Gasteiger partial charge is 0.417 e. The molecule has 0 saturated carbocycles. The van der Waals surface area contributed by atoms with Crippen LogP contribution in [-0.4, -0.2) is 12.5 Å². The van der Waals surface area contributed by atoms with Crippen molar-refractivity contribution in [3.8, 4) is 5.75 Å². The fourth-order valence-corrected chi connectivity index (χ4v) is 2.86. The first-order valence-electron chi connectivity index (χ1n) is 8.93. The molecule has 3 aromatic rings. The van der Waals surface area contributed by atoms with Crippen LogP contribution in [-0.2, 0) is 17.4 Å². The maximum absolute atomic E-state index is 13.1. The van der Waals surface area contributed by atoms with Gasteiger partial charge in [0, 0.05) is 23.2 Å². The molecule has 0 atom stereocenters. The molecule has 1 amide bonds. The van der Waals surface area contributed by atoms with Crippen molar-refractivity contribution in [1.29, 1.82) is 0 Å². The van der Waals surface area contributed by atoms with Crippen LogP contribution < -0.4 is 15.7 Å². The lowest BCUT2D eigenvalue weighted by Crippen LogP contribution is -2.20. The molecule has 1 N–H and O–H groups in total. The zero-order valence-electron chi connectivity index (χ0n) is 15.5. The van der Waals surface area contributed by atoms with Crippen LogP contribution in [0.2, 0.25) is 0 Å². The van der Waals surface area contributed by atoms with Gasteiger partial charge in [-0.25, -0.2) is 4.79 Å². The number of benzene rings is 2. The monoisotopic (exact) mass is 405 g/mol. The second kappa shape index (κ2) is 8.38. The lowest BCUT2D eigenvalue weighted by molar-refractivity contribution is -0.136. The van der Waals surface area contributed by atoms with Crippen molar-refractivity contribution in [2.75, 3.05) is 11.9 Å². The summed E-state index contributed by atoms with van der Waals surface area (Å²) in [6, 6.07) is 11.4. The number of carbonyl (C=O) groups excluding carboxylic acids is 1. The molecule has 1 aromatic heterocycles. The van der Waals surface area contributed by atoms with Gasteiger partial charge in [-0.3, -0.25) is 4.79 Å². The van der Waals surface area contributed by atoms with Crippen LogP contribution in [0.15, 0.2) is 57.7 Å². The summed E-state index contributed by atoms with van der Waals surface area (Å²) >= 11 is 0. The van der Waals surface area contributed by atoms with Crippen LogP contribution in [0.4, 0.5) is 18.9 Å². The van der Waals surface area contributed by atoms with Crippen LogP contribution in [0.5, 0.6) is 5.75 Å². The van der Waals surface area contributed by atoms with Crippen LogP contribution in [0, 0.1) is 0 Å². The highest BCUT2D eigenvalue weighted by Gasteiger charge is 2.33. The molecule has 0 unspecified atom stereocenters. The molecule has 5 nitrogen and oxygen atoms in total. The number of carbonyl (C=O) groups is 1. The van der Waals surface area contributed by atoms with Gasteiger partial charge in [0.15, 0.2) is 6.61 Å². The van der Waals surface area contributed by atoms with Crippen LogP contribution in [0.3, 0.4) is 0 Å². The van der Waals surface area contributed by atoms with Gasteiger partial charge in [0.05, 0.1) is 5.56 Å². The van der Waals surface area contributed by atoms with Gasteiger partial charge < -0.3 is 14.5 Å². The molecule has 3 rings (SSSR count). The molecule has 29 heavy (non-hydrogen) atoms. The van der Waals surface area contributed by atoms with E-state index in [0.717, 1.165) is 30.5 Å². The molecule has 0 aliphatic heterocycles. The minimum Gasteiger partial charge on any atom is -0.484 e. The standard InChI is InChI=1S/C21H18F3NO4/c1-2-3-13-4-6-14(7-5-13)25-19(26)12-28-15-8-9-16-17(21(22,23)24)11-20(27)29-18(16)10-15/h4-11H,2-3,12H2,1H3,(H,25,26). The van der Waals surface area contributed by atoms with Crippen molar-refractivity contribution in [3.05, 3.63) is 70.1 Å². The minimum atomic E-state index is -4.69. The Labute approximate surface area is 164 Å². The number of halogens is 3. The molecule has 0 spiro atoms. The Morgan fingerprint density at radius 2 is 1.83 bits per heavy atom. The van der Waals surface area contributed by atoms with Crippen molar-refractivity contribution in [1.82, 2.24) is 0 Å². The highest BCUT2D eigenvalue weighted by Crippen LogP contribution is 2.34. The molecule has 0 aliphatic carbocycles. The SMILES string of the molecule is CCCc1ccc(NC(=O)COc2ccc3c(C(F)(F)F)cc(=O)oc3c2)cc1. The lowest BCUT2D eigenvalue weighted by atomic mass is 10.1. The normalized spacial score (nSPS) is 11.4. The summed E-state index contributed by atoms with van der Waals surface area (Å²) in [6.45, 7) is 1.72. The highest BCUT2D eigenvalue weighted by atomic mass is 19.4. The number of nitrogens with one attached hydrogen (secondary N) is 1. The zero-order chi connectivity index (χ0) is 21.0. The third kappa shape index (κ3) is 5.16. The largest absolute Gasteiger partial charge is 0.484 e. The first-order chi connectivity index (χ1) is 13.8. The van der Waals surface area contributed by atoms with Gasteiger partial charge in [0.2, 0.25) is 0 Å². The van der Waals surface area contributed by atoms with Crippen LogP contribution in [0.1, 0.15) is 24.5 Å². The molecule has 152 valence electrons. The van der Waals surface area contributed by atoms with E-state index in [1.165, 1.54) is 6.07 Å². The second-order valence-electron chi connectivity index (χ2n) is 6.42. The Bertz CT molecular complexity index is 1070. The number of hydrogen-bond acceptors (Lipinski definition) is 4. The van der Waals surface area contributed by atoms with E-state index < -0.39 is 23.3 Å². The van der Waals surface area contributed by atoms with Gasteiger partial charge in [0.25, 0.3) is 5.91 Å². The van der Waals surface area contributed by atoms with Crippen molar-refractivity contribution < 1.29 is 27.1 Å². The number of rotatable bonds is 6. The molecule has 1 heterocycles. The number of fused-ring (bicyclic) bond motifs is 1. The van der Waals surface area contributed by atoms with Crippen LogP contribution >= 0.6 is 0 Å². The van der Waals surface area contributed by atoms with Crippen molar-refractivity contribution >= 4 is 22.6 Å². The summed E-state index contributed by atoms with van der Waals surface area (Å²) < 4.78 is 49.3. The van der Waals surface area contributed by atoms with Crippen molar-refractivity contribution in [2.24, 2.45) is 0 Å². The molecular formula is C21H18F3NO4. The van der Waals surface area contributed by atoms with Gasteiger partial charge >= 0.3 is 11.8 Å². The first-order valence-corrected chi connectivity index (χ1v) is 8.93. The molecule has 0 fully saturated rings. The number of alkyl halides is 3. The second-order valence-corrected chi connectivity index (χ2v) is 6.42. The molecule has 0 bridgehead atoms. The average molecular weight is 405 g/mol. The molecule has 8 heteroatoms. The maximum atomic E-state index is 13.1. The van der Waals surface area contributed by atoms with E-state index in [2.05, 4.69) is 12.2 Å². The summed E-state index contributed by atoms with van der Waals surface area (Å²) in [5.74, 6) is -0.327. The fraction of sp³-hybridized carbons (Fsp3) is 0.238. The number of anilines is 1. The summed E-state index contributed by atoms with van der Waals surface area (Å²) in [4.78, 5) is 23.5. The quantitative estimate of drug-likeness (QED) is 0.599. The number of hydrogen-bond donors (Lipinski definition) is 1. The van der Waals surface area contributed by atoms with Crippen molar-refractivity contribution in [2.45, 2.75) is 25.9 Å². The van der Waals surface area contributed by atoms with Gasteiger partial charge in [-0.05, 0) is 36.2 Å². The maximum Gasteiger partial charge on any atom is 0.417 e. The van der Waals surface area contributed by atoms with E-state index in [1.807, 2.05) is 12.1 Å². The lowest BCUT2D eigenvalue weighted by Gasteiger charge is -2.11. The van der Waals surface area contributed by atoms with E-state index in [9.17, 15) is 22.8 Å². The summed E-state index contributed by atoms with van der Waals surface area (Å²) in [5.41, 5.74) is -0.699. The predicted molar refractivity (Wildman–Crippen MR) is 102 cm³/mol. The van der Waals surface area contributed by atoms with Crippen molar-refractivity contribution in [3.63, 3.8) is 0 Å². The van der Waals surface area contributed by atoms with E-state index in [1.54, 1.807) is 12.1 Å². The molecule has 0 saturated heterocycles. The molecule has 0 radical (unpaired) electrons. The van der Waals surface area contributed by atoms with Gasteiger partial charge in [-0.2, -0.15) is 13.2 Å². The zero-order valence-corrected chi connectivity index (χ0v) is 15.5. The number of ether oxygens (including phenoxy) is 1. The Balaban J connectivity index is 1.69. The summed E-state index contributed by atoms with van der Waals surface area (Å²) in [7, 11) is 0. The average Bonchev–Trinajstić information content (AvgIpc) is 2.66. The van der Waals surface area contributed by atoms with Gasteiger partial charge in [0.1, 0.15) is 11.3 Å². The van der Waals surface area contributed by atoms with E-state index in [4.69, 9.17) is 9.15 Å². The Kier molecular flexibility index (Phi) is 5.91. The molecular weight excluding hydrogens is 387 g/mol. The minimum absolute atomic E-state index is 0.105. The molecule has 2 aromatic carbocycles. The van der Waals surface area contributed by atoms with E-state index in [0.29, 0.717) is 11.8 Å². The third-order valence-corrected chi connectivity index (χ3v) is 4.17. The Morgan fingerprint density at radius 1 is 1.10 bits per heavy atom. The number of amides is 1. The van der Waals surface area contributed by atoms with E-state index >= 15 is 0 Å². The summed E-state index contributed by atoms with van der Waals surface area (Å²) in [5, 5.41) is 2.41. The topological polar surface area (TPSA) is 68.5 Å². The number of aryl methyl sites for hydroxylation is 1. The predicted octanol–water partition coefficient (Wildman–Crippen LogP) is 4.78. The Morgan fingerprint density at radius 3 is 2.48 bits per heavy atom. The summed E-state index contributed by atoms with van der Waals surface area (Å²) in [6.07, 6.45) is -2.72. The van der Waals surface area contributed by atoms with Gasteiger partial charge in [-0.1, -0.05) is 25.5 Å². The first kappa shape index (κ1) is 20.4. The highest BCUT2D eigenvalue weighted by molar-refractivity contribution is 5.92. The fourth-order valence-electron chi connectivity index (χ4n) is 2.86. The van der Waals surface area contributed by atoms with Gasteiger partial charge in [-0.15, -0.1) is 0 Å². The Hall–Kier alpha value is -3.29.